The van der Waals surface area contributed by atoms with E-state index in [0.29, 0.717) is 6.54 Å². The highest BCUT2D eigenvalue weighted by atomic mass is 32.2. The molecule has 0 bridgehead atoms. The molecule has 0 aliphatic rings. The minimum atomic E-state index is -3.87. The first-order valence-electron chi connectivity index (χ1n) is 12.7. The Labute approximate surface area is 224 Å². The van der Waals surface area contributed by atoms with E-state index in [9.17, 15) is 18.3 Å². The molecule has 1 atom stereocenters. The van der Waals surface area contributed by atoms with Crippen molar-refractivity contribution < 1.29 is 28.2 Å². The predicted octanol–water partition coefficient (Wildman–Crippen LogP) is 3.45. The predicted molar refractivity (Wildman–Crippen MR) is 149 cm³/mol. The zero-order valence-corrected chi connectivity index (χ0v) is 22.6. The number of carbonyl (C=O) groups is 1. The van der Waals surface area contributed by atoms with E-state index in [0.717, 1.165) is 35.2 Å². The van der Waals surface area contributed by atoms with Gasteiger partial charge in [0.25, 0.3) is 5.91 Å². The van der Waals surface area contributed by atoms with Crippen molar-refractivity contribution in [2.45, 2.75) is 38.9 Å². The summed E-state index contributed by atoms with van der Waals surface area (Å²) < 4.78 is 32.1. The van der Waals surface area contributed by atoms with Crippen molar-refractivity contribution in [1.82, 2.24) is 10.0 Å². The van der Waals surface area contributed by atoms with Crippen LogP contribution in [0.5, 0.6) is 5.75 Å². The molecule has 0 spiro atoms. The van der Waals surface area contributed by atoms with Crippen LogP contribution in [0.15, 0.2) is 72.8 Å². The van der Waals surface area contributed by atoms with E-state index in [4.69, 9.17) is 9.84 Å². The second kappa shape index (κ2) is 14.1. The number of carbonyl (C=O) groups excluding carboxylic acids is 1. The topological polar surface area (TPSA) is 125 Å². The molecule has 1 amide bonds. The van der Waals surface area contributed by atoms with Gasteiger partial charge < -0.3 is 20.3 Å². The van der Waals surface area contributed by atoms with Crippen LogP contribution in [0.25, 0.3) is 11.1 Å². The van der Waals surface area contributed by atoms with Crippen LogP contribution in [-0.4, -0.2) is 56.1 Å². The number of aliphatic hydroxyl groups is 2. The molecule has 4 N–H and O–H groups in total. The van der Waals surface area contributed by atoms with E-state index in [2.05, 4.69) is 5.32 Å². The van der Waals surface area contributed by atoms with Crippen LogP contribution in [0.3, 0.4) is 0 Å². The second-order valence-electron chi connectivity index (χ2n) is 9.28. The van der Waals surface area contributed by atoms with E-state index in [1.807, 2.05) is 73.2 Å². The van der Waals surface area contributed by atoms with Crippen molar-refractivity contribution in [3.05, 3.63) is 89.5 Å². The van der Waals surface area contributed by atoms with Gasteiger partial charge in [0.15, 0.2) is 0 Å². The molecular weight excluding hydrogens is 504 g/mol. The summed E-state index contributed by atoms with van der Waals surface area (Å²) in [6, 6.07) is 22.6. The first-order valence-corrected chi connectivity index (χ1v) is 14.3. The molecule has 0 fully saturated rings. The number of aliphatic hydroxyl groups excluding tert-OH is 2. The molecule has 3 aromatic rings. The zero-order chi connectivity index (χ0) is 27.5. The van der Waals surface area contributed by atoms with E-state index >= 15 is 0 Å². The van der Waals surface area contributed by atoms with Gasteiger partial charge in [0, 0.05) is 13.2 Å². The summed E-state index contributed by atoms with van der Waals surface area (Å²) in [6.07, 6.45) is 0.0657. The van der Waals surface area contributed by atoms with Gasteiger partial charge in [-0.2, -0.15) is 0 Å². The lowest BCUT2D eigenvalue weighted by atomic mass is 10.0. The van der Waals surface area contributed by atoms with Crippen molar-refractivity contribution >= 4 is 15.9 Å². The summed E-state index contributed by atoms with van der Waals surface area (Å²) in [7, 11) is -3.87. The van der Waals surface area contributed by atoms with Crippen LogP contribution in [0.1, 0.15) is 47.9 Å². The third-order valence-corrected chi connectivity index (χ3v) is 7.13. The maximum absolute atomic E-state index is 12.7. The third-order valence-electron chi connectivity index (χ3n) is 5.81. The lowest BCUT2D eigenvalue weighted by Gasteiger charge is -2.16. The minimum absolute atomic E-state index is 0.0403. The molecule has 0 saturated heterocycles. The summed E-state index contributed by atoms with van der Waals surface area (Å²) in [5.74, 6) is -0.827. The monoisotopic (exact) mass is 540 g/mol. The molecule has 3 rings (SSSR count). The zero-order valence-electron chi connectivity index (χ0n) is 21.8. The fourth-order valence-electron chi connectivity index (χ4n) is 3.87. The molecule has 0 aliphatic carbocycles. The van der Waals surface area contributed by atoms with Gasteiger partial charge in [-0.3, -0.25) is 4.79 Å². The average Bonchev–Trinajstić information content (AvgIpc) is 2.90. The maximum atomic E-state index is 12.7. The van der Waals surface area contributed by atoms with Crippen molar-refractivity contribution in [1.29, 1.82) is 0 Å². The number of ether oxygens (including phenoxy) is 1. The number of hydrogen-bond acceptors (Lipinski definition) is 7. The highest BCUT2D eigenvalue weighted by Crippen LogP contribution is 2.29. The standard InChI is InChI=1S/C29H36N2O6S/c1-21(2)37-28-19-25(13-14-26(28)29(34)31-38(35,36)18-6-17-32)23-11-9-22(10-12-23)15-16-30-20-27(33)24-7-4-3-5-8-24/h3-5,7-14,19,21,27,30,32-33H,6,15-18,20H2,1-2H3,(H,31,34)/t27-/m0/s1. The van der Waals surface area contributed by atoms with Gasteiger partial charge in [0.2, 0.25) is 10.0 Å². The molecule has 0 unspecified atom stereocenters. The Balaban J connectivity index is 1.64. The quantitative estimate of drug-likeness (QED) is 0.231. The number of rotatable bonds is 14. The third kappa shape index (κ3) is 8.95. The fraction of sp³-hybridized carbons (Fsp3) is 0.345. The van der Waals surface area contributed by atoms with Crippen LogP contribution >= 0.6 is 0 Å². The fourth-order valence-corrected chi connectivity index (χ4v) is 4.87. The Bertz CT molecular complexity index is 1280. The lowest BCUT2D eigenvalue weighted by molar-refractivity contribution is 0.0975. The Morgan fingerprint density at radius 1 is 0.974 bits per heavy atom. The first-order chi connectivity index (χ1) is 18.2. The number of sulfonamides is 1. The van der Waals surface area contributed by atoms with Crippen molar-refractivity contribution in [3.8, 4) is 16.9 Å². The molecule has 8 nitrogen and oxygen atoms in total. The van der Waals surface area contributed by atoms with Crippen LogP contribution in [-0.2, 0) is 16.4 Å². The summed E-state index contributed by atoms with van der Waals surface area (Å²) in [4.78, 5) is 12.7. The molecule has 204 valence electrons. The Morgan fingerprint density at radius 3 is 2.32 bits per heavy atom. The molecule has 0 heterocycles. The summed E-state index contributed by atoms with van der Waals surface area (Å²) in [5.41, 5.74) is 3.90. The summed E-state index contributed by atoms with van der Waals surface area (Å²) in [6.45, 7) is 4.57. The van der Waals surface area contributed by atoms with Crippen LogP contribution < -0.4 is 14.8 Å². The number of benzene rings is 3. The van der Waals surface area contributed by atoms with Crippen molar-refractivity contribution in [3.63, 3.8) is 0 Å². The second-order valence-corrected chi connectivity index (χ2v) is 11.1. The Morgan fingerprint density at radius 2 is 1.66 bits per heavy atom. The summed E-state index contributed by atoms with van der Waals surface area (Å²) >= 11 is 0. The first kappa shape index (κ1) is 29.3. The molecule has 38 heavy (non-hydrogen) atoms. The normalized spacial score (nSPS) is 12.3. The smallest absolute Gasteiger partial charge is 0.268 e. The lowest BCUT2D eigenvalue weighted by Crippen LogP contribution is -2.33. The minimum Gasteiger partial charge on any atom is -0.490 e. The number of amides is 1. The van der Waals surface area contributed by atoms with Crippen molar-refractivity contribution in [2.24, 2.45) is 0 Å². The molecule has 0 saturated carbocycles. The Hall–Kier alpha value is -3.24. The summed E-state index contributed by atoms with van der Waals surface area (Å²) in [5, 5.41) is 22.4. The average molecular weight is 541 g/mol. The van der Waals surface area contributed by atoms with Gasteiger partial charge in [0.05, 0.1) is 23.5 Å². The van der Waals surface area contributed by atoms with Gasteiger partial charge >= 0.3 is 0 Å². The number of nitrogens with one attached hydrogen (secondary N) is 2. The molecule has 0 aliphatic heterocycles. The van der Waals surface area contributed by atoms with Gasteiger partial charge in [0.1, 0.15) is 5.75 Å². The van der Waals surface area contributed by atoms with Crippen LogP contribution in [0.4, 0.5) is 0 Å². The van der Waals surface area contributed by atoms with E-state index in [1.165, 1.54) is 0 Å². The SMILES string of the molecule is CC(C)Oc1cc(-c2ccc(CCNC[C@H](O)c3ccccc3)cc2)ccc1C(=O)NS(=O)(=O)CCCO. The van der Waals surface area contributed by atoms with E-state index < -0.39 is 22.0 Å². The molecule has 3 aromatic carbocycles. The van der Waals surface area contributed by atoms with Gasteiger partial charge in [-0.05, 0) is 67.6 Å². The van der Waals surface area contributed by atoms with Gasteiger partial charge in [-0.1, -0.05) is 60.7 Å². The van der Waals surface area contributed by atoms with Gasteiger partial charge in [-0.15, -0.1) is 0 Å². The Kier molecular flexibility index (Phi) is 10.8. The highest BCUT2D eigenvalue weighted by molar-refractivity contribution is 7.90. The molecular formula is C29H36N2O6S. The van der Waals surface area contributed by atoms with Crippen molar-refractivity contribution in [2.75, 3.05) is 25.4 Å². The molecule has 9 heteroatoms. The van der Waals surface area contributed by atoms with E-state index in [1.54, 1.807) is 18.2 Å². The maximum Gasteiger partial charge on any atom is 0.268 e. The largest absolute Gasteiger partial charge is 0.490 e. The van der Waals surface area contributed by atoms with Crippen LogP contribution in [0.2, 0.25) is 0 Å². The number of hydrogen-bond donors (Lipinski definition) is 4. The molecule has 0 aromatic heterocycles. The van der Waals surface area contributed by atoms with Gasteiger partial charge in [-0.25, -0.2) is 13.1 Å². The highest BCUT2D eigenvalue weighted by Gasteiger charge is 2.20. The van der Waals surface area contributed by atoms with E-state index in [-0.39, 0.29) is 36.2 Å². The molecule has 0 radical (unpaired) electrons. The van der Waals surface area contributed by atoms with Crippen LogP contribution in [0, 0.1) is 0 Å².